The van der Waals surface area contributed by atoms with Crippen LogP contribution in [0.15, 0.2) is 24.3 Å². The minimum absolute atomic E-state index is 0.518. The standard InChI is InChI=1S/C23H36ClN3OS/c24-21-9-6-8-20(18-21)19-27(13-7-12-26-14-16-28-17-15-26)23(29)25-22-10-4-2-1-3-5-11-22/h6,8-9,18,22H,1-5,7,10-17,19H2,(H,25,29). The van der Waals surface area contributed by atoms with Gasteiger partial charge in [-0.05, 0) is 49.2 Å². The lowest BCUT2D eigenvalue weighted by atomic mass is 9.97. The fraction of sp³-hybridized carbons (Fsp3) is 0.696. The SMILES string of the molecule is S=C(NC1CCCCCCC1)N(CCCN1CCOCC1)Cc1cccc(Cl)c1. The molecule has 0 amide bonds. The van der Waals surface area contributed by atoms with E-state index in [0.717, 1.165) is 62.5 Å². The Kier molecular flexibility index (Phi) is 10.0. The third kappa shape index (κ3) is 8.41. The van der Waals surface area contributed by atoms with Crippen molar-refractivity contribution in [1.82, 2.24) is 15.1 Å². The van der Waals surface area contributed by atoms with Crippen LogP contribution in [-0.4, -0.2) is 60.3 Å². The lowest BCUT2D eigenvalue weighted by Gasteiger charge is -2.32. The molecule has 0 radical (unpaired) electrons. The summed E-state index contributed by atoms with van der Waals surface area (Å²) in [6.45, 7) is 6.66. The highest BCUT2D eigenvalue weighted by atomic mass is 35.5. The molecule has 1 heterocycles. The molecular weight excluding hydrogens is 402 g/mol. The predicted molar refractivity (Wildman–Crippen MR) is 126 cm³/mol. The molecule has 1 aliphatic heterocycles. The van der Waals surface area contributed by atoms with Gasteiger partial charge in [0.05, 0.1) is 13.2 Å². The monoisotopic (exact) mass is 437 g/mol. The maximum atomic E-state index is 6.22. The van der Waals surface area contributed by atoms with Crippen LogP contribution >= 0.6 is 23.8 Å². The minimum atomic E-state index is 0.518. The van der Waals surface area contributed by atoms with E-state index in [4.69, 9.17) is 28.6 Å². The summed E-state index contributed by atoms with van der Waals surface area (Å²) in [5.74, 6) is 0. The van der Waals surface area contributed by atoms with Crippen LogP contribution in [0.4, 0.5) is 0 Å². The van der Waals surface area contributed by atoms with Gasteiger partial charge in [-0.3, -0.25) is 4.90 Å². The molecule has 4 nitrogen and oxygen atoms in total. The summed E-state index contributed by atoms with van der Waals surface area (Å²) in [4.78, 5) is 4.83. The first kappa shape index (κ1) is 22.8. The van der Waals surface area contributed by atoms with Crippen LogP contribution in [0.25, 0.3) is 0 Å². The van der Waals surface area contributed by atoms with Gasteiger partial charge in [-0.25, -0.2) is 0 Å². The molecule has 0 bridgehead atoms. The second-order valence-corrected chi connectivity index (χ2v) is 9.17. The van der Waals surface area contributed by atoms with Crippen molar-refractivity contribution < 1.29 is 4.74 Å². The summed E-state index contributed by atoms with van der Waals surface area (Å²) in [5, 5.41) is 5.39. The maximum Gasteiger partial charge on any atom is 0.169 e. The Morgan fingerprint density at radius 2 is 1.86 bits per heavy atom. The molecule has 1 N–H and O–H groups in total. The number of halogens is 1. The van der Waals surface area contributed by atoms with Gasteiger partial charge in [-0.15, -0.1) is 0 Å². The fourth-order valence-corrected chi connectivity index (χ4v) is 4.82. The number of thiocarbonyl (C=S) groups is 1. The third-order valence-electron chi connectivity index (χ3n) is 5.99. The zero-order valence-corrected chi connectivity index (χ0v) is 19.2. The van der Waals surface area contributed by atoms with E-state index in [2.05, 4.69) is 27.2 Å². The molecule has 6 heteroatoms. The number of ether oxygens (including phenoxy) is 1. The van der Waals surface area contributed by atoms with Gasteiger partial charge in [0, 0.05) is 43.8 Å². The van der Waals surface area contributed by atoms with Gasteiger partial charge < -0.3 is 15.0 Å². The summed E-state index contributed by atoms with van der Waals surface area (Å²) >= 11 is 12.1. The van der Waals surface area contributed by atoms with Crippen LogP contribution in [0.2, 0.25) is 5.02 Å². The minimum Gasteiger partial charge on any atom is -0.379 e. The van der Waals surface area contributed by atoms with Crippen LogP contribution in [-0.2, 0) is 11.3 Å². The van der Waals surface area contributed by atoms with E-state index in [1.807, 2.05) is 12.1 Å². The molecule has 29 heavy (non-hydrogen) atoms. The highest BCUT2D eigenvalue weighted by molar-refractivity contribution is 7.80. The van der Waals surface area contributed by atoms with Crippen molar-refractivity contribution in [3.05, 3.63) is 34.9 Å². The molecule has 1 aromatic rings. The highest BCUT2D eigenvalue weighted by Gasteiger charge is 2.17. The van der Waals surface area contributed by atoms with Gasteiger partial charge in [0.15, 0.2) is 5.11 Å². The van der Waals surface area contributed by atoms with E-state index < -0.39 is 0 Å². The van der Waals surface area contributed by atoms with Crippen molar-refractivity contribution in [2.75, 3.05) is 39.4 Å². The van der Waals surface area contributed by atoms with Crippen molar-refractivity contribution in [3.63, 3.8) is 0 Å². The number of hydrogen-bond donors (Lipinski definition) is 1. The van der Waals surface area contributed by atoms with Gasteiger partial charge in [-0.2, -0.15) is 0 Å². The van der Waals surface area contributed by atoms with Crippen molar-refractivity contribution >= 4 is 28.9 Å². The van der Waals surface area contributed by atoms with Gasteiger partial charge in [0.1, 0.15) is 0 Å². The molecule has 0 spiro atoms. The molecule has 1 saturated carbocycles. The second-order valence-electron chi connectivity index (χ2n) is 8.35. The average Bonchev–Trinajstić information content (AvgIpc) is 2.70. The Bertz CT molecular complexity index is 616. The lowest BCUT2D eigenvalue weighted by Crippen LogP contribution is -2.45. The summed E-state index contributed by atoms with van der Waals surface area (Å²) in [5.41, 5.74) is 1.21. The number of nitrogens with one attached hydrogen (secondary N) is 1. The quantitative estimate of drug-likeness (QED) is 0.615. The van der Waals surface area contributed by atoms with Gasteiger partial charge in [-0.1, -0.05) is 55.8 Å². The lowest BCUT2D eigenvalue weighted by molar-refractivity contribution is 0.0367. The first-order valence-corrected chi connectivity index (χ1v) is 12.1. The predicted octanol–water partition coefficient (Wildman–Crippen LogP) is 4.85. The molecule has 2 fully saturated rings. The molecule has 2 aliphatic rings. The van der Waals surface area contributed by atoms with Crippen molar-refractivity contribution in [3.8, 4) is 0 Å². The van der Waals surface area contributed by atoms with Crippen LogP contribution < -0.4 is 5.32 Å². The number of benzene rings is 1. The number of hydrogen-bond acceptors (Lipinski definition) is 3. The van der Waals surface area contributed by atoms with E-state index in [1.165, 1.54) is 50.5 Å². The Hall–Kier alpha value is -0.880. The zero-order valence-electron chi connectivity index (χ0n) is 17.6. The Morgan fingerprint density at radius 3 is 2.59 bits per heavy atom. The molecule has 162 valence electrons. The van der Waals surface area contributed by atoms with Crippen molar-refractivity contribution in [1.29, 1.82) is 0 Å². The molecule has 1 aromatic carbocycles. The molecule has 0 aromatic heterocycles. The summed E-state index contributed by atoms with van der Waals surface area (Å²) in [6, 6.07) is 8.66. The van der Waals surface area contributed by atoms with Crippen LogP contribution in [0.5, 0.6) is 0 Å². The van der Waals surface area contributed by atoms with Gasteiger partial charge in [0.2, 0.25) is 0 Å². The largest absolute Gasteiger partial charge is 0.379 e. The van der Waals surface area contributed by atoms with Crippen molar-refractivity contribution in [2.45, 2.75) is 64.0 Å². The van der Waals surface area contributed by atoms with E-state index in [0.29, 0.717) is 6.04 Å². The molecule has 1 aliphatic carbocycles. The van der Waals surface area contributed by atoms with Gasteiger partial charge >= 0.3 is 0 Å². The third-order valence-corrected chi connectivity index (χ3v) is 6.60. The number of nitrogens with zero attached hydrogens (tertiary/aromatic N) is 2. The average molecular weight is 438 g/mol. The van der Waals surface area contributed by atoms with Crippen LogP contribution in [0.3, 0.4) is 0 Å². The molecule has 1 saturated heterocycles. The summed E-state index contributed by atoms with van der Waals surface area (Å²) in [7, 11) is 0. The fourth-order valence-electron chi connectivity index (χ4n) is 4.28. The second kappa shape index (κ2) is 12.7. The first-order chi connectivity index (χ1) is 14.2. The number of morpholine rings is 1. The summed E-state index contributed by atoms with van der Waals surface area (Å²) in [6.07, 6.45) is 10.3. The van der Waals surface area contributed by atoms with E-state index in [-0.39, 0.29) is 0 Å². The molecular formula is C23H36ClN3OS. The van der Waals surface area contributed by atoms with E-state index in [1.54, 1.807) is 0 Å². The van der Waals surface area contributed by atoms with E-state index >= 15 is 0 Å². The Balaban J connectivity index is 1.56. The molecule has 0 atom stereocenters. The van der Waals surface area contributed by atoms with Crippen LogP contribution in [0.1, 0.15) is 56.9 Å². The molecule has 3 rings (SSSR count). The highest BCUT2D eigenvalue weighted by Crippen LogP contribution is 2.18. The Morgan fingerprint density at radius 1 is 1.14 bits per heavy atom. The smallest absolute Gasteiger partial charge is 0.169 e. The zero-order chi connectivity index (χ0) is 20.3. The summed E-state index contributed by atoms with van der Waals surface area (Å²) < 4.78 is 5.46. The van der Waals surface area contributed by atoms with Crippen molar-refractivity contribution in [2.24, 2.45) is 0 Å². The van der Waals surface area contributed by atoms with Gasteiger partial charge in [0.25, 0.3) is 0 Å². The van der Waals surface area contributed by atoms with E-state index in [9.17, 15) is 0 Å². The topological polar surface area (TPSA) is 27.7 Å². The Labute approximate surface area is 186 Å². The normalized spacial score (nSPS) is 19.3. The number of rotatable bonds is 7. The van der Waals surface area contributed by atoms with Crippen LogP contribution in [0, 0.1) is 0 Å². The maximum absolute atomic E-state index is 6.22. The molecule has 0 unspecified atom stereocenters. The first-order valence-electron chi connectivity index (χ1n) is 11.3.